The Morgan fingerprint density at radius 1 is 1.36 bits per heavy atom. The Morgan fingerprint density at radius 3 is 3.00 bits per heavy atom. The molecule has 0 bridgehead atoms. The Kier molecular flexibility index (Phi) is 6.46. The van der Waals surface area contributed by atoms with Gasteiger partial charge < -0.3 is 19.6 Å². The molecule has 2 N–H and O–H groups in total. The van der Waals surface area contributed by atoms with Gasteiger partial charge in [-0.15, -0.1) is 0 Å². The highest BCUT2D eigenvalue weighted by molar-refractivity contribution is 5.97. The topological polar surface area (TPSA) is 133 Å². The first kappa shape index (κ1) is 19.2. The van der Waals surface area contributed by atoms with Crippen LogP contribution in [0.25, 0.3) is 21.4 Å². The third-order valence-electron chi connectivity index (χ3n) is 4.07. The first-order valence-electron chi connectivity index (χ1n) is 8.71. The van der Waals surface area contributed by atoms with E-state index < -0.39 is 5.97 Å². The highest BCUT2D eigenvalue weighted by atomic mass is 16.5. The summed E-state index contributed by atoms with van der Waals surface area (Å²) in [4.78, 5) is 18.2. The van der Waals surface area contributed by atoms with Crippen molar-refractivity contribution in [3.63, 3.8) is 0 Å². The predicted molar refractivity (Wildman–Crippen MR) is 102 cm³/mol. The Morgan fingerprint density at radius 2 is 2.25 bits per heavy atom. The fourth-order valence-corrected chi connectivity index (χ4v) is 2.84. The standard InChI is InChI=1S/C19H19N5O4/c20-24-23-12-14-17-15(5-1-6-16(17)28-18(14)19(25)26)27-9-3-8-22-11-13-4-2-7-21-10-13/h1-2,4-7,10,22H,3,8-9,11-12H2,(H,25,26). The number of aromatic carboxylic acids is 1. The van der Waals surface area contributed by atoms with E-state index >= 15 is 0 Å². The van der Waals surface area contributed by atoms with Crippen molar-refractivity contribution in [3.8, 4) is 5.75 Å². The van der Waals surface area contributed by atoms with Crippen LogP contribution in [0.2, 0.25) is 0 Å². The van der Waals surface area contributed by atoms with Crippen LogP contribution in [0.1, 0.15) is 28.1 Å². The molecule has 0 unspecified atom stereocenters. The average Bonchev–Trinajstić information content (AvgIpc) is 3.09. The monoisotopic (exact) mass is 381 g/mol. The van der Waals surface area contributed by atoms with Gasteiger partial charge in [0.25, 0.3) is 0 Å². The number of furan rings is 1. The maximum atomic E-state index is 11.4. The molecule has 0 fully saturated rings. The van der Waals surface area contributed by atoms with Gasteiger partial charge in [0.1, 0.15) is 11.3 Å². The number of hydrogen-bond acceptors (Lipinski definition) is 6. The lowest BCUT2D eigenvalue weighted by Gasteiger charge is -2.09. The molecule has 2 heterocycles. The molecule has 0 aliphatic rings. The molecule has 28 heavy (non-hydrogen) atoms. The number of rotatable bonds is 10. The summed E-state index contributed by atoms with van der Waals surface area (Å²) in [7, 11) is 0. The van der Waals surface area contributed by atoms with Crippen molar-refractivity contribution in [2.45, 2.75) is 19.5 Å². The van der Waals surface area contributed by atoms with Crippen LogP contribution in [0.3, 0.4) is 0 Å². The predicted octanol–water partition coefficient (Wildman–Crippen LogP) is 3.90. The molecular formula is C19H19N5O4. The SMILES string of the molecule is [N-]=[N+]=NCc1c(C(=O)O)oc2cccc(OCCCNCc3cccnc3)c12. The molecule has 3 aromatic rings. The van der Waals surface area contributed by atoms with Gasteiger partial charge in [-0.3, -0.25) is 4.98 Å². The van der Waals surface area contributed by atoms with Gasteiger partial charge in [0, 0.05) is 29.4 Å². The molecule has 0 amide bonds. The quantitative estimate of drug-likeness (QED) is 0.237. The number of carbonyl (C=O) groups is 1. The van der Waals surface area contributed by atoms with Crippen molar-refractivity contribution in [2.24, 2.45) is 5.11 Å². The van der Waals surface area contributed by atoms with Crippen LogP contribution in [-0.2, 0) is 13.1 Å². The van der Waals surface area contributed by atoms with Gasteiger partial charge in [-0.1, -0.05) is 17.2 Å². The van der Waals surface area contributed by atoms with Crippen LogP contribution in [0.15, 0.2) is 52.3 Å². The van der Waals surface area contributed by atoms with Crippen molar-refractivity contribution in [3.05, 3.63) is 70.1 Å². The zero-order chi connectivity index (χ0) is 19.8. The van der Waals surface area contributed by atoms with Crippen LogP contribution >= 0.6 is 0 Å². The van der Waals surface area contributed by atoms with E-state index in [2.05, 4.69) is 20.3 Å². The van der Waals surface area contributed by atoms with Gasteiger partial charge in [0.2, 0.25) is 5.76 Å². The van der Waals surface area contributed by atoms with Crippen molar-refractivity contribution in [1.82, 2.24) is 10.3 Å². The number of nitrogens with one attached hydrogen (secondary N) is 1. The summed E-state index contributed by atoms with van der Waals surface area (Å²) in [5.41, 5.74) is 10.4. The fourth-order valence-electron chi connectivity index (χ4n) is 2.84. The number of carboxylic acids is 1. The number of fused-ring (bicyclic) bond motifs is 1. The van der Waals surface area contributed by atoms with Crippen LogP contribution in [-0.4, -0.2) is 29.2 Å². The van der Waals surface area contributed by atoms with Gasteiger partial charge in [0.15, 0.2) is 0 Å². The number of aromatic nitrogens is 1. The molecule has 0 radical (unpaired) electrons. The third-order valence-corrected chi connectivity index (χ3v) is 4.07. The van der Waals surface area contributed by atoms with Crippen molar-refractivity contribution < 1.29 is 19.1 Å². The van der Waals surface area contributed by atoms with Gasteiger partial charge in [-0.2, -0.15) is 0 Å². The lowest BCUT2D eigenvalue weighted by atomic mass is 10.1. The summed E-state index contributed by atoms with van der Waals surface area (Å²) >= 11 is 0. The highest BCUT2D eigenvalue weighted by Gasteiger charge is 2.22. The molecule has 2 aromatic heterocycles. The van der Waals surface area contributed by atoms with E-state index in [9.17, 15) is 9.90 Å². The van der Waals surface area contributed by atoms with Crippen molar-refractivity contribution in [2.75, 3.05) is 13.2 Å². The molecule has 144 valence electrons. The van der Waals surface area contributed by atoms with E-state index in [1.165, 1.54) is 0 Å². The molecule has 3 rings (SSSR count). The van der Waals surface area contributed by atoms with Gasteiger partial charge in [-0.05, 0) is 42.3 Å². The number of azide groups is 1. The molecule has 9 nitrogen and oxygen atoms in total. The van der Waals surface area contributed by atoms with E-state index in [0.29, 0.717) is 28.9 Å². The average molecular weight is 381 g/mol. The largest absolute Gasteiger partial charge is 0.493 e. The minimum atomic E-state index is -1.22. The molecule has 0 atom stereocenters. The second-order valence-electron chi connectivity index (χ2n) is 5.97. The summed E-state index contributed by atoms with van der Waals surface area (Å²) in [6.45, 7) is 1.79. The molecule has 0 saturated heterocycles. The van der Waals surface area contributed by atoms with Crippen LogP contribution in [0, 0.1) is 0 Å². The smallest absolute Gasteiger partial charge is 0.372 e. The van der Waals surface area contributed by atoms with Crippen molar-refractivity contribution in [1.29, 1.82) is 0 Å². The van der Waals surface area contributed by atoms with Gasteiger partial charge in [-0.25, -0.2) is 4.79 Å². The van der Waals surface area contributed by atoms with E-state index in [0.717, 1.165) is 25.1 Å². The zero-order valence-electron chi connectivity index (χ0n) is 15.0. The minimum absolute atomic E-state index is 0.127. The number of benzene rings is 1. The van der Waals surface area contributed by atoms with Crippen LogP contribution < -0.4 is 10.1 Å². The molecule has 0 aliphatic carbocycles. The summed E-state index contributed by atoms with van der Waals surface area (Å²) in [5, 5.41) is 16.7. The van der Waals surface area contributed by atoms with E-state index in [1.54, 1.807) is 24.4 Å². The number of nitrogens with zero attached hydrogens (tertiary/aromatic N) is 4. The first-order valence-corrected chi connectivity index (χ1v) is 8.71. The number of carboxylic acid groups (broad SMARTS) is 1. The number of pyridine rings is 1. The Hall–Kier alpha value is -3.55. The number of hydrogen-bond donors (Lipinski definition) is 2. The minimum Gasteiger partial charge on any atom is -0.493 e. The molecule has 1 aromatic carbocycles. The Bertz CT molecular complexity index is 996. The molecular weight excluding hydrogens is 362 g/mol. The van der Waals surface area contributed by atoms with Crippen LogP contribution in [0.4, 0.5) is 0 Å². The normalized spacial score (nSPS) is 10.6. The molecule has 0 aliphatic heterocycles. The van der Waals surface area contributed by atoms with Crippen molar-refractivity contribution >= 4 is 16.9 Å². The fraction of sp³-hybridized carbons (Fsp3) is 0.263. The lowest BCUT2D eigenvalue weighted by Crippen LogP contribution is -2.17. The molecule has 9 heteroatoms. The first-order chi connectivity index (χ1) is 13.7. The van der Waals surface area contributed by atoms with Crippen LogP contribution in [0.5, 0.6) is 5.75 Å². The lowest BCUT2D eigenvalue weighted by molar-refractivity contribution is 0.0663. The summed E-state index contributed by atoms with van der Waals surface area (Å²) in [5.74, 6) is -0.953. The van der Waals surface area contributed by atoms with E-state index in [4.69, 9.17) is 14.7 Å². The third kappa shape index (κ3) is 4.59. The highest BCUT2D eigenvalue weighted by Crippen LogP contribution is 2.34. The van der Waals surface area contributed by atoms with Gasteiger partial charge >= 0.3 is 5.97 Å². The number of ether oxygens (including phenoxy) is 1. The van der Waals surface area contributed by atoms with E-state index in [1.807, 2.05) is 18.3 Å². The second kappa shape index (κ2) is 9.40. The Labute approximate surface area is 160 Å². The maximum Gasteiger partial charge on any atom is 0.372 e. The second-order valence-corrected chi connectivity index (χ2v) is 5.97. The van der Waals surface area contributed by atoms with E-state index in [-0.39, 0.29) is 12.3 Å². The summed E-state index contributed by atoms with van der Waals surface area (Å²) in [6.07, 6.45) is 4.31. The summed E-state index contributed by atoms with van der Waals surface area (Å²) in [6, 6.07) is 9.02. The maximum absolute atomic E-state index is 11.4. The Balaban J connectivity index is 1.64. The molecule has 0 saturated carbocycles. The molecule has 0 spiro atoms. The zero-order valence-corrected chi connectivity index (χ0v) is 15.0. The van der Waals surface area contributed by atoms with Gasteiger partial charge in [0.05, 0.1) is 18.5 Å². The summed E-state index contributed by atoms with van der Waals surface area (Å²) < 4.78 is 11.3.